The number of benzene rings is 1. The van der Waals surface area contributed by atoms with Crippen LogP contribution >= 0.6 is 11.8 Å². The monoisotopic (exact) mass is 345 g/mol. The number of piperidine rings is 1. The molecule has 1 aromatic carbocycles. The minimum Gasteiger partial charge on any atom is -0.361 e. The molecule has 1 atom stereocenters. The summed E-state index contributed by atoms with van der Waals surface area (Å²) in [6, 6.07) is 7.87. The van der Waals surface area contributed by atoms with Crippen molar-refractivity contribution in [1.82, 2.24) is 10.1 Å². The number of nitrogens with two attached hydrogens (primary N) is 1. The number of amides is 1. The SMILES string of the molecule is Cc1noc(C)c1CSc1ccccc1C(=O)N1CCCC(N)C1. The van der Waals surface area contributed by atoms with E-state index in [0.717, 1.165) is 52.6 Å². The maximum atomic E-state index is 12.9. The Balaban J connectivity index is 1.76. The smallest absolute Gasteiger partial charge is 0.255 e. The van der Waals surface area contributed by atoms with Crippen LogP contribution in [0.1, 0.15) is 40.2 Å². The quantitative estimate of drug-likeness (QED) is 0.862. The van der Waals surface area contributed by atoms with Crippen LogP contribution in [0.4, 0.5) is 0 Å². The average Bonchev–Trinajstić information content (AvgIpc) is 2.91. The number of carbonyl (C=O) groups excluding carboxylic acids is 1. The molecule has 1 unspecified atom stereocenters. The van der Waals surface area contributed by atoms with Crippen molar-refractivity contribution in [3.05, 3.63) is 46.8 Å². The van der Waals surface area contributed by atoms with Crippen molar-refractivity contribution < 1.29 is 9.32 Å². The summed E-state index contributed by atoms with van der Waals surface area (Å²) in [5.74, 6) is 1.66. The molecule has 24 heavy (non-hydrogen) atoms. The Hall–Kier alpha value is -1.79. The number of aryl methyl sites for hydroxylation is 2. The molecule has 5 nitrogen and oxygen atoms in total. The highest BCUT2D eigenvalue weighted by Gasteiger charge is 2.24. The van der Waals surface area contributed by atoms with E-state index in [1.807, 2.05) is 43.0 Å². The van der Waals surface area contributed by atoms with Gasteiger partial charge >= 0.3 is 0 Å². The van der Waals surface area contributed by atoms with Gasteiger partial charge in [-0.3, -0.25) is 4.79 Å². The van der Waals surface area contributed by atoms with Gasteiger partial charge < -0.3 is 15.2 Å². The van der Waals surface area contributed by atoms with Gasteiger partial charge in [-0.05, 0) is 38.8 Å². The fourth-order valence-corrected chi connectivity index (χ4v) is 4.19. The first kappa shape index (κ1) is 17.0. The maximum absolute atomic E-state index is 12.9. The van der Waals surface area contributed by atoms with Crippen molar-refractivity contribution in [2.24, 2.45) is 5.73 Å². The Labute approximate surface area is 146 Å². The van der Waals surface area contributed by atoms with Gasteiger partial charge in [0, 0.05) is 35.3 Å². The molecule has 1 saturated heterocycles. The topological polar surface area (TPSA) is 72.4 Å². The summed E-state index contributed by atoms with van der Waals surface area (Å²) in [7, 11) is 0. The Morgan fingerprint density at radius 1 is 1.42 bits per heavy atom. The zero-order valence-electron chi connectivity index (χ0n) is 14.1. The van der Waals surface area contributed by atoms with Gasteiger partial charge in [0.25, 0.3) is 5.91 Å². The molecule has 2 heterocycles. The number of nitrogens with zero attached hydrogens (tertiary/aromatic N) is 2. The minimum atomic E-state index is 0.0759. The number of carbonyl (C=O) groups is 1. The van der Waals surface area contributed by atoms with Gasteiger partial charge in [-0.1, -0.05) is 17.3 Å². The van der Waals surface area contributed by atoms with Gasteiger partial charge in [0.15, 0.2) is 0 Å². The maximum Gasteiger partial charge on any atom is 0.255 e. The van der Waals surface area contributed by atoms with Gasteiger partial charge in [-0.2, -0.15) is 0 Å². The Morgan fingerprint density at radius 3 is 2.92 bits per heavy atom. The van der Waals surface area contributed by atoms with Crippen LogP contribution < -0.4 is 5.73 Å². The predicted molar refractivity (Wildman–Crippen MR) is 95.1 cm³/mol. The minimum absolute atomic E-state index is 0.0759. The van der Waals surface area contributed by atoms with Gasteiger partial charge in [0.1, 0.15) is 5.76 Å². The van der Waals surface area contributed by atoms with Crippen molar-refractivity contribution in [2.75, 3.05) is 13.1 Å². The summed E-state index contributed by atoms with van der Waals surface area (Å²) in [4.78, 5) is 15.8. The molecule has 0 aliphatic carbocycles. The summed E-state index contributed by atoms with van der Waals surface area (Å²) in [6.45, 7) is 5.29. The van der Waals surface area contributed by atoms with E-state index in [9.17, 15) is 4.79 Å². The van der Waals surface area contributed by atoms with E-state index in [1.165, 1.54) is 0 Å². The standard InChI is InChI=1S/C18H23N3O2S/c1-12-16(13(2)23-20-12)11-24-17-8-4-3-7-15(17)18(22)21-9-5-6-14(19)10-21/h3-4,7-8,14H,5-6,9-11,19H2,1-2H3. The molecule has 0 bridgehead atoms. The molecule has 0 radical (unpaired) electrons. The molecule has 2 aromatic rings. The van der Waals surface area contributed by atoms with Crippen LogP contribution in [0.25, 0.3) is 0 Å². The molecule has 0 spiro atoms. The van der Waals surface area contributed by atoms with Gasteiger partial charge in [-0.25, -0.2) is 0 Å². The Bertz CT molecular complexity index is 709. The third-order valence-electron chi connectivity index (χ3n) is 4.42. The van der Waals surface area contributed by atoms with Crippen molar-refractivity contribution >= 4 is 17.7 Å². The van der Waals surface area contributed by atoms with E-state index in [0.29, 0.717) is 6.54 Å². The second-order valence-electron chi connectivity index (χ2n) is 6.24. The number of rotatable bonds is 4. The third-order valence-corrected chi connectivity index (χ3v) is 5.52. The van der Waals surface area contributed by atoms with E-state index in [2.05, 4.69) is 5.16 Å². The first-order valence-electron chi connectivity index (χ1n) is 8.24. The summed E-state index contributed by atoms with van der Waals surface area (Å²) in [6.07, 6.45) is 1.97. The zero-order valence-corrected chi connectivity index (χ0v) is 14.9. The molecule has 0 saturated carbocycles. The number of aromatic nitrogens is 1. The number of hydrogen-bond acceptors (Lipinski definition) is 5. The van der Waals surface area contributed by atoms with Crippen LogP contribution in [0.2, 0.25) is 0 Å². The van der Waals surface area contributed by atoms with Crippen molar-refractivity contribution in [3.8, 4) is 0 Å². The van der Waals surface area contributed by atoms with Gasteiger partial charge in [-0.15, -0.1) is 11.8 Å². The van der Waals surface area contributed by atoms with Crippen LogP contribution in [0, 0.1) is 13.8 Å². The first-order valence-corrected chi connectivity index (χ1v) is 9.23. The molecule has 1 aliphatic rings. The Kier molecular flexibility index (Phi) is 5.26. The number of hydrogen-bond donors (Lipinski definition) is 1. The van der Waals surface area contributed by atoms with E-state index in [4.69, 9.17) is 10.3 Å². The summed E-state index contributed by atoms with van der Waals surface area (Å²) in [5.41, 5.74) is 8.78. The van der Waals surface area contributed by atoms with E-state index in [1.54, 1.807) is 11.8 Å². The first-order chi connectivity index (χ1) is 11.6. The van der Waals surface area contributed by atoms with Gasteiger partial charge in [0.05, 0.1) is 11.3 Å². The lowest BCUT2D eigenvalue weighted by atomic mass is 10.1. The average molecular weight is 345 g/mol. The predicted octanol–water partition coefficient (Wildman–Crippen LogP) is 3.15. The largest absolute Gasteiger partial charge is 0.361 e. The van der Waals surface area contributed by atoms with Gasteiger partial charge in [0.2, 0.25) is 0 Å². The van der Waals surface area contributed by atoms with Crippen molar-refractivity contribution in [3.63, 3.8) is 0 Å². The van der Waals surface area contributed by atoms with Crippen LogP contribution in [-0.2, 0) is 5.75 Å². The molecule has 1 aromatic heterocycles. The lowest BCUT2D eigenvalue weighted by Gasteiger charge is -2.31. The van der Waals surface area contributed by atoms with Crippen LogP contribution in [0.15, 0.2) is 33.7 Å². The molecule has 3 rings (SSSR count). The molecule has 2 N–H and O–H groups in total. The van der Waals surface area contributed by atoms with Crippen molar-refractivity contribution in [1.29, 1.82) is 0 Å². The second-order valence-corrected chi connectivity index (χ2v) is 7.26. The second kappa shape index (κ2) is 7.40. The molecule has 1 amide bonds. The highest BCUT2D eigenvalue weighted by Crippen LogP contribution is 2.29. The fourth-order valence-electron chi connectivity index (χ4n) is 2.99. The number of likely N-dealkylation sites (tertiary alicyclic amines) is 1. The molecular formula is C18H23N3O2S. The molecule has 6 heteroatoms. The lowest BCUT2D eigenvalue weighted by Crippen LogP contribution is -2.45. The van der Waals surface area contributed by atoms with E-state index >= 15 is 0 Å². The summed E-state index contributed by atoms with van der Waals surface area (Å²) >= 11 is 1.65. The van der Waals surface area contributed by atoms with E-state index in [-0.39, 0.29) is 11.9 Å². The third kappa shape index (κ3) is 3.65. The highest BCUT2D eigenvalue weighted by atomic mass is 32.2. The fraction of sp³-hybridized carbons (Fsp3) is 0.444. The van der Waals surface area contributed by atoms with Crippen LogP contribution in [-0.4, -0.2) is 35.1 Å². The van der Waals surface area contributed by atoms with Crippen LogP contribution in [0.3, 0.4) is 0 Å². The molecular weight excluding hydrogens is 322 g/mol. The zero-order chi connectivity index (χ0) is 17.1. The summed E-state index contributed by atoms with van der Waals surface area (Å²) in [5, 5.41) is 3.99. The van der Waals surface area contributed by atoms with E-state index < -0.39 is 0 Å². The number of thioether (sulfide) groups is 1. The normalized spacial score (nSPS) is 18.0. The molecule has 1 aliphatic heterocycles. The molecule has 1 fully saturated rings. The summed E-state index contributed by atoms with van der Waals surface area (Å²) < 4.78 is 5.22. The van der Waals surface area contributed by atoms with Crippen molar-refractivity contribution in [2.45, 2.75) is 43.4 Å². The van der Waals surface area contributed by atoms with Crippen LogP contribution in [0.5, 0.6) is 0 Å². The highest BCUT2D eigenvalue weighted by molar-refractivity contribution is 7.98. The lowest BCUT2D eigenvalue weighted by molar-refractivity contribution is 0.0705. The molecule has 128 valence electrons. The Morgan fingerprint density at radius 2 is 2.21 bits per heavy atom.